The molecule has 2 aromatic rings. The van der Waals surface area contributed by atoms with E-state index in [1.807, 2.05) is 60.7 Å². The predicted octanol–water partition coefficient (Wildman–Crippen LogP) is 3.10. The van der Waals surface area contributed by atoms with Crippen LogP contribution in [-0.2, 0) is 21.7 Å². The standard InChI is InChI=1S/C21H25NO3/c23-20(12-7-15-25-16-18-8-3-1-4-9-18)22-14-13-21(24,17-22)19-10-5-2-6-11-19/h1-6,8-11,24H,7,12-17H2/t21-/m1/s1. The number of aliphatic hydroxyl groups is 1. The molecule has 1 heterocycles. The molecule has 3 rings (SSSR count). The van der Waals surface area contributed by atoms with Crippen LogP contribution in [-0.4, -0.2) is 35.6 Å². The first kappa shape index (κ1) is 17.6. The number of hydrogen-bond donors (Lipinski definition) is 1. The minimum absolute atomic E-state index is 0.0927. The van der Waals surface area contributed by atoms with Crippen LogP contribution >= 0.6 is 0 Å². The van der Waals surface area contributed by atoms with E-state index >= 15 is 0 Å². The van der Waals surface area contributed by atoms with Crippen molar-refractivity contribution in [2.24, 2.45) is 0 Å². The van der Waals surface area contributed by atoms with Crippen molar-refractivity contribution in [3.8, 4) is 0 Å². The zero-order valence-electron chi connectivity index (χ0n) is 14.4. The number of rotatable bonds is 7. The molecule has 1 saturated heterocycles. The minimum Gasteiger partial charge on any atom is -0.383 e. The maximum absolute atomic E-state index is 12.4. The Balaban J connectivity index is 1.39. The van der Waals surface area contributed by atoms with Gasteiger partial charge in [-0.05, 0) is 24.0 Å². The van der Waals surface area contributed by atoms with Gasteiger partial charge in [0.15, 0.2) is 0 Å². The van der Waals surface area contributed by atoms with E-state index < -0.39 is 5.60 Å². The normalized spacial score (nSPS) is 20.0. The number of carbonyl (C=O) groups excluding carboxylic acids is 1. The van der Waals surface area contributed by atoms with Gasteiger partial charge in [-0.1, -0.05) is 60.7 Å². The van der Waals surface area contributed by atoms with Gasteiger partial charge in [0.25, 0.3) is 0 Å². The number of carbonyl (C=O) groups is 1. The molecule has 1 N–H and O–H groups in total. The molecular formula is C21H25NO3. The highest BCUT2D eigenvalue weighted by atomic mass is 16.5. The predicted molar refractivity (Wildman–Crippen MR) is 96.9 cm³/mol. The average molecular weight is 339 g/mol. The van der Waals surface area contributed by atoms with E-state index in [9.17, 15) is 9.90 Å². The fourth-order valence-electron chi connectivity index (χ4n) is 3.24. The van der Waals surface area contributed by atoms with Crippen LogP contribution in [0.1, 0.15) is 30.4 Å². The molecule has 4 heteroatoms. The second-order valence-corrected chi connectivity index (χ2v) is 6.60. The van der Waals surface area contributed by atoms with Crippen LogP contribution < -0.4 is 0 Å². The Labute approximate surface area is 149 Å². The molecule has 1 aliphatic rings. The van der Waals surface area contributed by atoms with Crippen LogP contribution in [0.4, 0.5) is 0 Å². The lowest BCUT2D eigenvalue weighted by atomic mass is 9.93. The van der Waals surface area contributed by atoms with E-state index in [1.54, 1.807) is 4.90 Å². The number of nitrogens with zero attached hydrogens (tertiary/aromatic N) is 1. The second-order valence-electron chi connectivity index (χ2n) is 6.60. The molecule has 1 amide bonds. The van der Waals surface area contributed by atoms with Crippen LogP contribution in [0.15, 0.2) is 60.7 Å². The Hall–Kier alpha value is -2.17. The van der Waals surface area contributed by atoms with Gasteiger partial charge >= 0.3 is 0 Å². The summed E-state index contributed by atoms with van der Waals surface area (Å²) < 4.78 is 5.62. The molecule has 0 spiro atoms. The molecule has 0 bridgehead atoms. The molecule has 0 aromatic heterocycles. The molecule has 0 saturated carbocycles. The number of ether oxygens (including phenoxy) is 1. The Morgan fingerprint density at radius 3 is 2.48 bits per heavy atom. The first-order valence-corrected chi connectivity index (χ1v) is 8.85. The van der Waals surface area contributed by atoms with E-state index in [0.29, 0.717) is 45.6 Å². The number of amides is 1. The summed E-state index contributed by atoms with van der Waals surface area (Å²) in [6, 6.07) is 19.6. The SMILES string of the molecule is O=C(CCCOCc1ccccc1)N1CC[C@](O)(c2ccccc2)C1. The summed E-state index contributed by atoms with van der Waals surface area (Å²) in [7, 11) is 0. The minimum atomic E-state index is -0.916. The number of β-amino-alcohol motifs (C(OH)–C–C–N with tert-alkyl or cyclic N) is 1. The third-order valence-electron chi connectivity index (χ3n) is 4.70. The van der Waals surface area contributed by atoms with Gasteiger partial charge in [0.1, 0.15) is 5.60 Å². The van der Waals surface area contributed by atoms with Gasteiger partial charge in [-0.2, -0.15) is 0 Å². The van der Waals surface area contributed by atoms with Crippen molar-refractivity contribution >= 4 is 5.91 Å². The summed E-state index contributed by atoms with van der Waals surface area (Å²) in [5.41, 5.74) is 1.11. The van der Waals surface area contributed by atoms with E-state index in [0.717, 1.165) is 11.1 Å². The molecule has 132 valence electrons. The van der Waals surface area contributed by atoms with Crippen LogP contribution in [0.5, 0.6) is 0 Å². The van der Waals surface area contributed by atoms with E-state index in [1.165, 1.54) is 0 Å². The van der Waals surface area contributed by atoms with Crippen molar-refractivity contribution in [2.45, 2.75) is 31.5 Å². The van der Waals surface area contributed by atoms with Crippen molar-refractivity contribution in [3.63, 3.8) is 0 Å². The third kappa shape index (κ3) is 4.68. The van der Waals surface area contributed by atoms with Crippen molar-refractivity contribution in [2.75, 3.05) is 19.7 Å². The number of likely N-dealkylation sites (tertiary alicyclic amines) is 1. The molecule has 1 atom stereocenters. The summed E-state index contributed by atoms with van der Waals surface area (Å²) in [5.74, 6) is 0.0927. The maximum Gasteiger partial charge on any atom is 0.222 e. The highest BCUT2D eigenvalue weighted by Gasteiger charge is 2.39. The van der Waals surface area contributed by atoms with Gasteiger partial charge < -0.3 is 14.7 Å². The van der Waals surface area contributed by atoms with Gasteiger partial charge in [-0.3, -0.25) is 4.79 Å². The van der Waals surface area contributed by atoms with E-state index in [-0.39, 0.29) is 5.91 Å². The monoisotopic (exact) mass is 339 g/mol. The smallest absolute Gasteiger partial charge is 0.222 e. The first-order valence-electron chi connectivity index (χ1n) is 8.85. The van der Waals surface area contributed by atoms with Crippen molar-refractivity contribution in [3.05, 3.63) is 71.8 Å². The second kappa shape index (κ2) is 8.28. The van der Waals surface area contributed by atoms with Crippen molar-refractivity contribution in [1.29, 1.82) is 0 Å². The van der Waals surface area contributed by atoms with Crippen LogP contribution in [0, 0.1) is 0 Å². The lowest BCUT2D eigenvalue weighted by Crippen LogP contribution is -2.34. The summed E-state index contributed by atoms with van der Waals surface area (Å²) in [4.78, 5) is 14.1. The lowest BCUT2D eigenvalue weighted by molar-refractivity contribution is -0.131. The quantitative estimate of drug-likeness (QED) is 0.789. The number of benzene rings is 2. The topological polar surface area (TPSA) is 49.8 Å². The summed E-state index contributed by atoms with van der Waals surface area (Å²) >= 11 is 0. The highest BCUT2D eigenvalue weighted by Crippen LogP contribution is 2.32. The Morgan fingerprint density at radius 1 is 1.08 bits per heavy atom. The first-order chi connectivity index (χ1) is 12.2. The fraction of sp³-hybridized carbons (Fsp3) is 0.381. The molecule has 2 aromatic carbocycles. The van der Waals surface area contributed by atoms with Crippen molar-refractivity contribution < 1.29 is 14.6 Å². The Morgan fingerprint density at radius 2 is 1.76 bits per heavy atom. The van der Waals surface area contributed by atoms with Gasteiger partial charge in [0, 0.05) is 19.6 Å². The van der Waals surface area contributed by atoms with Crippen molar-refractivity contribution in [1.82, 2.24) is 4.90 Å². The van der Waals surface area contributed by atoms with Gasteiger partial charge in [-0.15, -0.1) is 0 Å². The van der Waals surface area contributed by atoms with Gasteiger partial charge in [0.05, 0.1) is 13.2 Å². The molecule has 4 nitrogen and oxygen atoms in total. The molecule has 0 aliphatic carbocycles. The molecule has 0 unspecified atom stereocenters. The fourth-order valence-corrected chi connectivity index (χ4v) is 3.24. The van der Waals surface area contributed by atoms with E-state index in [2.05, 4.69) is 0 Å². The Bertz CT molecular complexity index is 674. The van der Waals surface area contributed by atoms with Crippen LogP contribution in [0.25, 0.3) is 0 Å². The van der Waals surface area contributed by atoms with E-state index in [4.69, 9.17) is 4.74 Å². The summed E-state index contributed by atoms with van der Waals surface area (Å²) in [6.07, 6.45) is 1.75. The lowest BCUT2D eigenvalue weighted by Gasteiger charge is -2.24. The zero-order valence-corrected chi connectivity index (χ0v) is 14.4. The van der Waals surface area contributed by atoms with Crippen LogP contribution in [0.2, 0.25) is 0 Å². The molecular weight excluding hydrogens is 314 g/mol. The highest BCUT2D eigenvalue weighted by molar-refractivity contribution is 5.76. The molecule has 1 aliphatic heterocycles. The number of hydrogen-bond acceptors (Lipinski definition) is 3. The largest absolute Gasteiger partial charge is 0.383 e. The maximum atomic E-state index is 12.4. The van der Waals surface area contributed by atoms with Gasteiger partial charge in [0.2, 0.25) is 5.91 Å². The van der Waals surface area contributed by atoms with Crippen LogP contribution in [0.3, 0.4) is 0 Å². The molecule has 1 fully saturated rings. The summed E-state index contributed by atoms with van der Waals surface area (Å²) in [5, 5.41) is 10.8. The molecule has 25 heavy (non-hydrogen) atoms. The third-order valence-corrected chi connectivity index (χ3v) is 4.70. The molecule has 0 radical (unpaired) electrons. The Kier molecular flexibility index (Phi) is 5.84. The zero-order chi connectivity index (χ0) is 17.5. The van der Waals surface area contributed by atoms with Gasteiger partial charge in [-0.25, -0.2) is 0 Å². The average Bonchev–Trinajstić information content (AvgIpc) is 3.07. The summed E-state index contributed by atoms with van der Waals surface area (Å²) in [6.45, 7) is 2.12.